The van der Waals surface area contributed by atoms with Gasteiger partial charge in [-0.3, -0.25) is 4.99 Å². The van der Waals surface area contributed by atoms with Gasteiger partial charge in [0.05, 0.1) is 12.8 Å². The summed E-state index contributed by atoms with van der Waals surface area (Å²) in [6.07, 6.45) is 1.52. The third kappa shape index (κ3) is 4.52. The first-order valence-electron chi connectivity index (χ1n) is 7.98. The first-order valence-corrected chi connectivity index (χ1v) is 7.98. The van der Waals surface area contributed by atoms with Crippen LogP contribution in [0.1, 0.15) is 21.9 Å². The van der Waals surface area contributed by atoms with Crippen LogP contribution in [-0.2, 0) is 6.61 Å². The zero-order valence-electron chi connectivity index (χ0n) is 14.4. The van der Waals surface area contributed by atoms with Crippen LogP contribution >= 0.6 is 0 Å². The van der Waals surface area contributed by atoms with Crippen molar-refractivity contribution in [1.82, 2.24) is 0 Å². The van der Waals surface area contributed by atoms with Crippen molar-refractivity contribution in [1.29, 1.82) is 0 Å². The van der Waals surface area contributed by atoms with Gasteiger partial charge in [-0.05, 0) is 48.0 Å². The Morgan fingerprint density at radius 3 is 2.70 bits per heavy atom. The molecule has 0 aliphatic heterocycles. The Kier molecular flexibility index (Phi) is 5.51. The van der Waals surface area contributed by atoms with Crippen LogP contribution in [0, 0.1) is 5.82 Å². The highest BCUT2D eigenvalue weighted by atomic mass is 19.1. The number of carboxylic acid groups (broad SMARTS) is 1. The van der Waals surface area contributed by atoms with Crippen LogP contribution in [0.2, 0.25) is 0 Å². The highest BCUT2D eigenvalue weighted by molar-refractivity contribution is 5.84. The highest BCUT2D eigenvalue weighted by Gasteiger charge is 2.11. The summed E-state index contributed by atoms with van der Waals surface area (Å²) in [5, 5.41) is 8.86. The molecule has 6 nitrogen and oxygen atoms in total. The molecule has 0 bridgehead atoms. The van der Waals surface area contributed by atoms with Gasteiger partial charge in [0.1, 0.15) is 18.2 Å². The molecule has 0 unspecified atom stereocenters. The molecule has 0 saturated carbocycles. The van der Waals surface area contributed by atoms with Crippen LogP contribution in [0.5, 0.6) is 11.5 Å². The third-order valence-electron chi connectivity index (χ3n) is 3.64. The second kappa shape index (κ2) is 8.18. The molecule has 2 aromatic carbocycles. The zero-order valence-corrected chi connectivity index (χ0v) is 14.4. The predicted octanol–water partition coefficient (Wildman–Crippen LogP) is 4.46. The number of carbonyl (C=O) groups is 1. The van der Waals surface area contributed by atoms with E-state index in [2.05, 4.69) is 4.99 Å². The first-order chi connectivity index (χ1) is 13.1. The summed E-state index contributed by atoms with van der Waals surface area (Å²) in [7, 11) is 1.50. The van der Waals surface area contributed by atoms with Crippen molar-refractivity contribution in [3.8, 4) is 11.5 Å². The van der Waals surface area contributed by atoms with Gasteiger partial charge in [-0.15, -0.1) is 0 Å². The van der Waals surface area contributed by atoms with E-state index in [1.54, 1.807) is 36.4 Å². The Hall–Kier alpha value is -3.61. The van der Waals surface area contributed by atoms with Gasteiger partial charge in [0.15, 0.2) is 11.5 Å². The van der Waals surface area contributed by atoms with Crippen molar-refractivity contribution in [2.75, 3.05) is 7.11 Å². The molecule has 0 fully saturated rings. The van der Waals surface area contributed by atoms with Gasteiger partial charge in [0.2, 0.25) is 5.76 Å². The summed E-state index contributed by atoms with van der Waals surface area (Å²) in [6.45, 7) is 0.0479. The van der Waals surface area contributed by atoms with Gasteiger partial charge in [0.25, 0.3) is 0 Å². The Labute approximate surface area is 154 Å². The standard InChI is InChI=1S/C20H16FNO5/c1-25-19-10-13(11-22-16-5-3-2-4-15(16)21)6-8-17(19)26-12-14-7-9-18(27-14)20(23)24/h2-11H,12H2,1H3,(H,23,24). The van der Waals surface area contributed by atoms with Crippen molar-refractivity contribution >= 4 is 17.9 Å². The monoisotopic (exact) mass is 369 g/mol. The van der Waals surface area contributed by atoms with E-state index in [1.165, 1.54) is 31.5 Å². The number of carboxylic acids is 1. The lowest BCUT2D eigenvalue weighted by molar-refractivity contribution is 0.0658. The maximum Gasteiger partial charge on any atom is 0.371 e. The maximum absolute atomic E-state index is 13.6. The summed E-state index contributed by atoms with van der Waals surface area (Å²) in [6, 6.07) is 14.2. The van der Waals surface area contributed by atoms with Gasteiger partial charge >= 0.3 is 5.97 Å². The van der Waals surface area contributed by atoms with E-state index < -0.39 is 11.8 Å². The molecule has 138 valence electrons. The summed E-state index contributed by atoms with van der Waals surface area (Å²) in [5.41, 5.74) is 0.942. The van der Waals surface area contributed by atoms with Crippen LogP contribution < -0.4 is 9.47 Å². The molecule has 0 atom stereocenters. The number of benzene rings is 2. The quantitative estimate of drug-likeness (QED) is 0.622. The molecule has 0 aliphatic rings. The number of hydrogen-bond acceptors (Lipinski definition) is 5. The fourth-order valence-corrected chi connectivity index (χ4v) is 2.30. The molecule has 0 amide bonds. The third-order valence-corrected chi connectivity index (χ3v) is 3.64. The zero-order chi connectivity index (χ0) is 19.2. The molecule has 3 rings (SSSR count). The van der Waals surface area contributed by atoms with Crippen molar-refractivity contribution < 1.29 is 28.2 Å². The van der Waals surface area contributed by atoms with Crippen LogP contribution in [0.3, 0.4) is 0 Å². The molecule has 3 aromatic rings. The lowest BCUT2D eigenvalue weighted by Gasteiger charge is -2.10. The van der Waals surface area contributed by atoms with E-state index in [0.717, 1.165) is 0 Å². The fraction of sp³-hybridized carbons (Fsp3) is 0.100. The van der Waals surface area contributed by atoms with Crippen LogP contribution in [0.15, 0.2) is 64.0 Å². The lowest BCUT2D eigenvalue weighted by Crippen LogP contribution is -1.98. The van der Waals surface area contributed by atoms with Gasteiger partial charge in [-0.2, -0.15) is 0 Å². The predicted molar refractivity (Wildman–Crippen MR) is 96.6 cm³/mol. The molecule has 27 heavy (non-hydrogen) atoms. The number of para-hydroxylation sites is 1. The second-order valence-corrected chi connectivity index (χ2v) is 5.48. The molecule has 1 heterocycles. The van der Waals surface area contributed by atoms with Crippen LogP contribution in [0.25, 0.3) is 0 Å². The molecular weight excluding hydrogens is 353 g/mol. The Morgan fingerprint density at radius 1 is 1.19 bits per heavy atom. The second-order valence-electron chi connectivity index (χ2n) is 5.48. The fourth-order valence-electron chi connectivity index (χ4n) is 2.30. The van der Waals surface area contributed by atoms with Crippen molar-refractivity contribution in [2.45, 2.75) is 6.61 Å². The minimum absolute atomic E-state index is 0.0479. The van der Waals surface area contributed by atoms with E-state index in [1.807, 2.05) is 0 Å². The normalized spacial score (nSPS) is 10.9. The van der Waals surface area contributed by atoms with E-state index in [-0.39, 0.29) is 18.1 Å². The smallest absolute Gasteiger partial charge is 0.371 e. The molecule has 0 aliphatic carbocycles. The topological polar surface area (TPSA) is 81.3 Å². The number of hydrogen-bond donors (Lipinski definition) is 1. The van der Waals surface area contributed by atoms with Crippen molar-refractivity contribution in [3.63, 3.8) is 0 Å². The Balaban J connectivity index is 1.72. The van der Waals surface area contributed by atoms with E-state index in [4.69, 9.17) is 19.0 Å². The van der Waals surface area contributed by atoms with E-state index >= 15 is 0 Å². The average molecular weight is 369 g/mol. The number of ether oxygens (including phenoxy) is 2. The molecule has 0 radical (unpaired) electrons. The summed E-state index contributed by atoms with van der Waals surface area (Å²) < 4.78 is 29.7. The first kappa shape index (κ1) is 18.2. The summed E-state index contributed by atoms with van der Waals surface area (Å²) in [4.78, 5) is 14.9. The number of aromatic carboxylic acids is 1. The molecular formula is C20H16FNO5. The SMILES string of the molecule is COc1cc(C=Nc2ccccc2F)ccc1OCc1ccc(C(=O)O)o1. The molecule has 7 heteroatoms. The molecule has 0 saturated heterocycles. The molecule has 1 N–H and O–H groups in total. The average Bonchev–Trinajstić information content (AvgIpc) is 3.15. The number of halogens is 1. The van der Waals surface area contributed by atoms with Crippen molar-refractivity contribution in [3.05, 3.63) is 77.5 Å². The number of furan rings is 1. The number of rotatable bonds is 7. The van der Waals surface area contributed by atoms with Crippen molar-refractivity contribution in [2.24, 2.45) is 4.99 Å². The Morgan fingerprint density at radius 2 is 2.00 bits per heavy atom. The van der Waals surface area contributed by atoms with Crippen LogP contribution in [0.4, 0.5) is 10.1 Å². The summed E-state index contributed by atoms with van der Waals surface area (Å²) >= 11 is 0. The van der Waals surface area contributed by atoms with Gasteiger partial charge in [0, 0.05) is 6.21 Å². The molecule has 0 spiro atoms. The van der Waals surface area contributed by atoms with Gasteiger partial charge in [-0.1, -0.05) is 12.1 Å². The summed E-state index contributed by atoms with van der Waals surface area (Å²) in [5.74, 6) is -0.414. The minimum atomic E-state index is -1.14. The van der Waals surface area contributed by atoms with Gasteiger partial charge < -0.3 is 19.0 Å². The number of aliphatic imine (C=N–C) groups is 1. The largest absolute Gasteiger partial charge is 0.493 e. The number of nitrogens with zero attached hydrogens (tertiary/aromatic N) is 1. The molecule has 1 aromatic heterocycles. The lowest BCUT2D eigenvalue weighted by atomic mass is 10.2. The maximum atomic E-state index is 13.6. The van der Waals surface area contributed by atoms with Gasteiger partial charge in [-0.25, -0.2) is 9.18 Å². The van der Waals surface area contributed by atoms with E-state index in [9.17, 15) is 9.18 Å². The number of methoxy groups -OCH3 is 1. The highest BCUT2D eigenvalue weighted by Crippen LogP contribution is 2.29. The Bertz CT molecular complexity index is 980. The van der Waals surface area contributed by atoms with E-state index in [0.29, 0.717) is 22.8 Å². The minimum Gasteiger partial charge on any atom is -0.493 e. The van der Waals surface area contributed by atoms with Crippen LogP contribution in [-0.4, -0.2) is 24.4 Å².